The number of ether oxygens (including phenoxy) is 1. The second-order valence-corrected chi connectivity index (χ2v) is 4.86. The van der Waals surface area contributed by atoms with Crippen molar-refractivity contribution in [3.8, 4) is 0 Å². The topological polar surface area (TPSA) is 58.5 Å². The lowest BCUT2D eigenvalue weighted by atomic mass is 10.2. The van der Waals surface area contributed by atoms with E-state index >= 15 is 0 Å². The number of hydrogen-bond donors (Lipinski definition) is 2. The number of hydrogen-bond acceptors (Lipinski definition) is 3. The number of pyridine rings is 1. The molecule has 0 bridgehead atoms. The summed E-state index contributed by atoms with van der Waals surface area (Å²) in [6.07, 6.45) is 3.62. The summed E-state index contributed by atoms with van der Waals surface area (Å²) in [6.45, 7) is 7.99. The van der Waals surface area contributed by atoms with Gasteiger partial charge < -0.3 is 15.4 Å². The maximum atomic E-state index is 5.76. The quantitative estimate of drug-likeness (QED) is 0.318. The van der Waals surface area contributed by atoms with Crippen molar-refractivity contribution < 1.29 is 4.74 Å². The van der Waals surface area contributed by atoms with Gasteiger partial charge in [-0.25, -0.2) is 4.98 Å². The Balaban J connectivity index is 2.29. The Kier molecular flexibility index (Phi) is 9.57. The maximum absolute atomic E-state index is 5.76. The average Bonchev–Trinajstić information content (AvgIpc) is 2.49. The van der Waals surface area contributed by atoms with Crippen LogP contribution in [0.4, 0.5) is 0 Å². The van der Waals surface area contributed by atoms with Crippen molar-refractivity contribution >= 4 is 17.6 Å². The van der Waals surface area contributed by atoms with Crippen LogP contribution in [0.15, 0.2) is 23.3 Å². The molecule has 1 rings (SSSR count). The molecule has 1 aromatic heterocycles. The summed E-state index contributed by atoms with van der Waals surface area (Å²) in [5.41, 5.74) is 1.15. The van der Waals surface area contributed by atoms with Gasteiger partial charge in [-0.3, -0.25) is 4.99 Å². The second kappa shape index (κ2) is 11.3. The fourth-order valence-electron chi connectivity index (χ4n) is 1.72. The second-order valence-electron chi connectivity index (χ2n) is 4.48. The van der Waals surface area contributed by atoms with Gasteiger partial charge in [-0.2, -0.15) is 0 Å². The first kappa shape index (κ1) is 17.7. The van der Waals surface area contributed by atoms with Gasteiger partial charge in [0.05, 0.1) is 0 Å². The predicted molar refractivity (Wildman–Crippen MR) is 88.0 cm³/mol. The molecule has 0 saturated heterocycles. The highest BCUT2D eigenvalue weighted by Crippen LogP contribution is 2.05. The summed E-state index contributed by atoms with van der Waals surface area (Å²) in [7, 11) is 0. The molecule has 0 spiro atoms. The molecule has 2 N–H and O–H groups in total. The SMILES string of the molecule is CCNC(=NCCCOCC)NCCc1ccc(Cl)nc1. The highest BCUT2D eigenvalue weighted by atomic mass is 35.5. The number of halogens is 1. The Morgan fingerprint density at radius 3 is 2.86 bits per heavy atom. The van der Waals surface area contributed by atoms with Gasteiger partial charge in [0.15, 0.2) is 5.96 Å². The molecule has 0 atom stereocenters. The van der Waals surface area contributed by atoms with E-state index in [0.29, 0.717) is 5.15 Å². The van der Waals surface area contributed by atoms with Gasteiger partial charge in [-0.15, -0.1) is 0 Å². The van der Waals surface area contributed by atoms with E-state index in [1.165, 1.54) is 0 Å². The summed E-state index contributed by atoms with van der Waals surface area (Å²) >= 11 is 5.76. The number of nitrogens with one attached hydrogen (secondary N) is 2. The largest absolute Gasteiger partial charge is 0.382 e. The third-order valence-electron chi connectivity index (χ3n) is 2.76. The van der Waals surface area contributed by atoms with E-state index < -0.39 is 0 Å². The first-order chi connectivity index (χ1) is 10.3. The van der Waals surface area contributed by atoms with E-state index in [4.69, 9.17) is 16.3 Å². The van der Waals surface area contributed by atoms with E-state index in [-0.39, 0.29) is 0 Å². The van der Waals surface area contributed by atoms with Crippen molar-refractivity contribution in [1.82, 2.24) is 15.6 Å². The normalized spacial score (nSPS) is 11.5. The summed E-state index contributed by atoms with van der Waals surface area (Å²) in [6, 6.07) is 3.80. The van der Waals surface area contributed by atoms with Crippen LogP contribution in [0.3, 0.4) is 0 Å². The Morgan fingerprint density at radius 2 is 2.19 bits per heavy atom. The summed E-state index contributed by atoms with van der Waals surface area (Å²) in [5.74, 6) is 0.843. The molecule has 6 heteroatoms. The molecular weight excluding hydrogens is 288 g/mol. The van der Waals surface area contributed by atoms with Gasteiger partial charge in [0, 0.05) is 39.0 Å². The molecule has 21 heavy (non-hydrogen) atoms. The first-order valence-electron chi connectivity index (χ1n) is 7.46. The summed E-state index contributed by atoms with van der Waals surface area (Å²) in [5, 5.41) is 7.07. The van der Waals surface area contributed by atoms with Crippen LogP contribution in [0.2, 0.25) is 5.15 Å². The van der Waals surface area contributed by atoms with Gasteiger partial charge in [0.25, 0.3) is 0 Å². The predicted octanol–water partition coefficient (Wildman–Crippen LogP) is 2.26. The summed E-state index contributed by atoms with van der Waals surface area (Å²) < 4.78 is 5.30. The minimum atomic E-state index is 0.524. The van der Waals surface area contributed by atoms with Gasteiger partial charge in [-0.1, -0.05) is 17.7 Å². The van der Waals surface area contributed by atoms with Gasteiger partial charge in [0.1, 0.15) is 5.15 Å². The molecule has 118 valence electrons. The Bertz CT molecular complexity index is 409. The van der Waals surface area contributed by atoms with Crippen LogP contribution in [0.25, 0.3) is 0 Å². The standard InChI is InChI=1S/C15H25ClN4O/c1-3-17-15(18-9-5-11-21-4-2)19-10-8-13-6-7-14(16)20-12-13/h6-7,12H,3-5,8-11H2,1-2H3,(H2,17,18,19). The molecule has 1 aromatic rings. The Hall–Kier alpha value is -1.33. The van der Waals surface area contributed by atoms with Crippen LogP contribution < -0.4 is 10.6 Å². The zero-order chi connectivity index (χ0) is 15.3. The molecule has 0 radical (unpaired) electrons. The molecule has 0 aliphatic heterocycles. The van der Waals surface area contributed by atoms with Crippen molar-refractivity contribution in [3.63, 3.8) is 0 Å². The fraction of sp³-hybridized carbons (Fsp3) is 0.600. The van der Waals surface area contributed by atoms with Crippen LogP contribution >= 0.6 is 11.6 Å². The average molecular weight is 313 g/mol. The molecule has 0 aromatic carbocycles. The van der Waals surface area contributed by atoms with E-state index in [1.54, 1.807) is 6.20 Å². The molecule has 0 saturated carbocycles. The van der Waals surface area contributed by atoms with Crippen molar-refractivity contribution in [2.45, 2.75) is 26.7 Å². The van der Waals surface area contributed by atoms with E-state index in [9.17, 15) is 0 Å². The van der Waals surface area contributed by atoms with Crippen molar-refractivity contribution in [2.75, 3.05) is 32.8 Å². The molecule has 0 unspecified atom stereocenters. The Labute approximate surface area is 132 Å². The van der Waals surface area contributed by atoms with Crippen LogP contribution in [0.1, 0.15) is 25.8 Å². The Morgan fingerprint density at radius 1 is 1.33 bits per heavy atom. The van der Waals surface area contributed by atoms with E-state index in [2.05, 4.69) is 27.5 Å². The van der Waals surface area contributed by atoms with Gasteiger partial charge in [0.2, 0.25) is 0 Å². The fourth-order valence-corrected chi connectivity index (χ4v) is 1.83. The molecule has 0 fully saturated rings. The molecule has 5 nitrogen and oxygen atoms in total. The third-order valence-corrected chi connectivity index (χ3v) is 2.98. The highest BCUT2D eigenvalue weighted by molar-refractivity contribution is 6.29. The van der Waals surface area contributed by atoms with Gasteiger partial charge in [-0.05, 0) is 38.3 Å². The lowest BCUT2D eigenvalue weighted by Crippen LogP contribution is -2.38. The minimum absolute atomic E-state index is 0.524. The number of rotatable bonds is 9. The number of aromatic nitrogens is 1. The lowest BCUT2D eigenvalue weighted by Gasteiger charge is -2.11. The zero-order valence-corrected chi connectivity index (χ0v) is 13.6. The molecular formula is C15H25ClN4O. The minimum Gasteiger partial charge on any atom is -0.382 e. The van der Waals surface area contributed by atoms with Crippen LogP contribution in [0.5, 0.6) is 0 Å². The molecule has 1 heterocycles. The smallest absolute Gasteiger partial charge is 0.191 e. The summed E-state index contributed by atoms with van der Waals surface area (Å²) in [4.78, 5) is 8.58. The van der Waals surface area contributed by atoms with E-state index in [0.717, 1.165) is 57.2 Å². The van der Waals surface area contributed by atoms with Crippen molar-refractivity contribution in [3.05, 3.63) is 29.0 Å². The van der Waals surface area contributed by atoms with Crippen molar-refractivity contribution in [1.29, 1.82) is 0 Å². The molecule has 0 aliphatic carbocycles. The number of guanidine groups is 1. The number of nitrogens with zero attached hydrogens (tertiary/aromatic N) is 2. The molecule has 0 amide bonds. The van der Waals surface area contributed by atoms with E-state index in [1.807, 2.05) is 19.1 Å². The zero-order valence-electron chi connectivity index (χ0n) is 12.9. The first-order valence-corrected chi connectivity index (χ1v) is 7.84. The molecule has 0 aliphatic rings. The number of aliphatic imine (C=N–C) groups is 1. The van der Waals surface area contributed by atoms with Crippen LogP contribution in [-0.2, 0) is 11.2 Å². The van der Waals surface area contributed by atoms with Crippen LogP contribution in [-0.4, -0.2) is 43.8 Å². The van der Waals surface area contributed by atoms with Crippen LogP contribution in [0, 0.1) is 0 Å². The maximum Gasteiger partial charge on any atom is 0.191 e. The third kappa shape index (κ3) is 8.52. The lowest BCUT2D eigenvalue weighted by molar-refractivity contribution is 0.146. The monoisotopic (exact) mass is 312 g/mol. The van der Waals surface area contributed by atoms with Gasteiger partial charge >= 0.3 is 0 Å². The van der Waals surface area contributed by atoms with Crippen molar-refractivity contribution in [2.24, 2.45) is 4.99 Å². The highest BCUT2D eigenvalue weighted by Gasteiger charge is 1.98.